The van der Waals surface area contributed by atoms with Crippen LogP contribution in [-0.4, -0.2) is 20.8 Å². The van der Waals surface area contributed by atoms with Gasteiger partial charge in [0, 0.05) is 10.6 Å². The van der Waals surface area contributed by atoms with Gasteiger partial charge in [-0.15, -0.1) is 0 Å². The molecule has 112 valence electrons. The van der Waals surface area contributed by atoms with E-state index in [0.717, 1.165) is 28.4 Å². The van der Waals surface area contributed by atoms with Gasteiger partial charge in [0.2, 0.25) is 0 Å². The number of nitrogens with one attached hydrogen (secondary N) is 1. The van der Waals surface area contributed by atoms with Crippen molar-refractivity contribution in [1.29, 1.82) is 0 Å². The molecule has 2 aromatic rings. The highest BCUT2D eigenvalue weighted by atomic mass is 35.5. The van der Waals surface area contributed by atoms with Crippen LogP contribution in [0.2, 0.25) is 5.02 Å². The lowest BCUT2D eigenvalue weighted by molar-refractivity contribution is 0.349. The number of hydrogen-bond acceptors (Lipinski definition) is 3. The number of ether oxygens (including phenoxy) is 2. The average molecular weight is 306 g/mol. The third kappa shape index (κ3) is 3.31. The summed E-state index contributed by atoms with van der Waals surface area (Å²) in [5.74, 6) is 1.44. The summed E-state index contributed by atoms with van der Waals surface area (Å²) in [6.07, 6.45) is 0. The second-order valence-electron chi connectivity index (χ2n) is 4.59. The number of halogens is 1. The van der Waals surface area contributed by atoms with E-state index in [4.69, 9.17) is 21.1 Å². The molecule has 3 nitrogen and oxygen atoms in total. The standard InChI is InChI=1S/C17H20ClNO2/c1-4-19-16(12-8-5-6-10-14(12)18)13-9-7-11-15(20-2)17(13)21-3/h5-11,16,19H,4H2,1-3H3. The van der Waals surface area contributed by atoms with E-state index in [-0.39, 0.29) is 6.04 Å². The first kappa shape index (κ1) is 15.7. The molecule has 21 heavy (non-hydrogen) atoms. The van der Waals surface area contributed by atoms with Crippen LogP contribution in [0.4, 0.5) is 0 Å². The molecule has 0 saturated heterocycles. The molecule has 0 aliphatic rings. The van der Waals surface area contributed by atoms with Gasteiger partial charge in [0.05, 0.1) is 20.3 Å². The molecule has 2 rings (SSSR count). The summed E-state index contributed by atoms with van der Waals surface area (Å²) < 4.78 is 10.9. The van der Waals surface area contributed by atoms with Crippen LogP contribution in [0.3, 0.4) is 0 Å². The molecule has 0 bridgehead atoms. The molecule has 0 amide bonds. The molecule has 2 aromatic carbocycles. The zero-order chi connectivity index (χ0) is 15.2. The molecule has 0 saturated carbocycles. The maximum Gasteiger partial charge on any atom is 0.165 e. The largest absolute Gasteiger partial charge is 0.493 e. The van der Waals surface area contributed by atoms with E-state index < -0.39 is 0 Å². The minimum Gasteiger partial charge on any atom is -0.493 e. The molecular formula is C17H20ClNO2. The number of methoxy groups -OCH3 is 2. The summed E-state index contributed by atoms with van der Waals surface area (Å²) in [5, 5.41) is 4.19. The van der Waals surface area contributed by atoms with Crippen LogP contribution >= 0.6 is 11.6 Å². The highest BCUT2D eigenvalue weighted by Gasteiger charge is 2.21. The quantitative estimate of drug-likeness (QED) is 0.873. The van der Waals surface area contributed by atoms with Gasteiger partial charge in [-0.3, -0.25) is 0 Å². The van der Waals surface area contributed by atoms with Gasteiger partial charge in [-0.05, 0) is 24.2 Å². The Bertz CT molecular complexity index is 601. The Hall–Kier alpha value is -1.71. The fraction of sp³-hybridized carbons (Fsp3) is 0.294. The van der Waals surface area contributed by atoms with Crippen molar-refractivity contribution in [2.45, 2.75) is 13.0 Å². The Balaban J connectivity index is 2.56. The summed E-state index contributed by atoms with van der Waals surface area (Å²) in [6, 6.07) is 13.7. The Morgan fingerprint density at radius 1 is 1.00 bits per heavy atom. The van der Waals surface area contributed by atoms with Gasteiger partial charge < -0.3 is 14.8 Å². The van der Waals surface area contributed by atoms with Crippen molar-refractivity contribution in [2.75, 3.05) is 20.8 Å². The molecule has 0 spiro atoms. The van der Waals surface area contributed by atoms with Crippen LogP contribution in [0, 0.1) is 0 Å². The zero-order valence-electron chi connectivity index (χ0n) is 12.5. The van der Waals surface area contributed by atoms with Crippen LogP contribution in [0.15, 0.2) is 42.5 Å². The molecule has 4 heteroatoms. The fourth-order valence-corrected chi connectivity index (χ4v) is 2.68. The average Bonchev–Trinajstić information content (AvgIpc) is 2.52. The highest BCUT2D eigenvalue weighted by molar-refractivity contribution is 6.31. The summed E-state index contributed by atoms with van der Waals surface area (Å²) in [4.78, 5) is 0. The Morgan fingerprint density at radius 2 is 1.71 bits per heavy atom. The Morgan fingerprint density at radius 3 is 2.33 bits per heavy atom. The molecular weight excluding hydrogens is 286 g/mol. The second kappa shape index (κ2) is 7.34. The van der Waals surface area contributed by atoms with Gasteiger partial charge in [-0.2, -0.15) is 0 Å². The summed E-state index contributed by atoms with van der Waals surface area (Å²) in [6.45, 7) is 2.88. The number of hydrogen-bond donors (Lipinski definition) is 1. The Kier molecular flexibility index (Phi) is 5.48. The van der Waals surface area contributed by atoms with Crippen molar-refractivity contribution in [3.8, 4) is 11.5 Å². The molecule has 0 heterocycles. The molecule has 0 fully saturated rings. The van der Waals surface area contributed by atoms with Gasteiger partial charge in [0.15, 0.2) is 11.5 Å². The minimum atomic E-state index is -0.0475. The number of para-hydroxylation sites is 1. The van der Waals surface area contributed by atoms with Crippen molar-refractivity contribution < 1.29 is 9.47 Å². The monoisotopic (exact) mass is 305 g/mol. The lowest BCUT2D eigenvalue weighted by Crippen LogP contribution is -2.23. The molecule has 0 aliphatic heterocycles. The van der Waals surface area contributed by atoms with Crippen molar-refractivity contribution in [1.82, 2.24) is 5.32 Å². The van der Waals surface area contributed by atoms with E-state index in [1.54, 1.807) is 14.2 Å². The normalized spacial score (nSPS) is 12.0. The van der Waals surface area contributed by atoms with Gasteiger partial charge in [0.25, 0.3) is 0 Å². The minimum absolute atomic E-state index is 0.0475. The third-order valence-electron chi connectivity index (χ3n) is 3.37. The van der Waals surface area contributed by atoms with Crippen LogP contribution in [-0.2, 0) is 0 Å². The van der Waals surface area contributed by atoms with Gasteiger partial charge >= 0.3 is 0 Å². The predicted octanol–water partition coefficient (Wildman–Crippen LogP) is 4.06. The summed E-state index contributed by atoms with van der Waals surface area (Å²) in [7, 11) is 3.29. The molecule has 1 N–H and O–H groups in total. The topological polar surface area (TPSA) is 30.5 Å². The zero-order valence-corrected chi connectivity index (χ0v) is 13.3. The first-order valence-electron chi connectivity index (χ1n) is 6.91. The van der Waals surface area contributed by atoms with Crippen molar-refractivity contribution in [3.63, 3.8) is 0 Å². The van der Waals surface area contributed by atoms with E-state index in [0.29, 0.717) is 5.75 Å². The summed E-state index contributed by atoms with van der Waals surface area (Å²) in [5.41, 5.74) is 2.03. The summed E-state index contributed by atoms with van der Waals surface area (Å²) >= 11 is 6.36. The maximum atomic E-state index is 6.36. The fourth-order valence-electron chi connectivity index (χ4n) is 2.44. The first-order valence-corrected chi connectivity index (χ1v) is 7.29. The van der Waals surface area contributed by atoms with Gasteiger partial charge in [-0.25, -0.2) is 0 Å². The molecule has 1 unspecified atom stereocenters. The van der Waals surface area contributed by atoms with Crippen LogP contribution in [0.25, 0.3) is 0 Å². The third-order valence-corrected chi connectivity index (χ3v) is 3.71. The number of benzene rings is 2. The highest BCUT2D eigenvalue weighted by Crippen LogP contribution is 2.38. The number of rotatable bonds is 6. The Labute approximate surface area is 130 Å². The predicted molar refractivity (Wildman–Crippen MR) is 86.5 cm³/mol. The first-order chi connectivity index (χ1) is 10.2. The van der Waals surface area contributed by atoms with Crippen molar-refractivity contribution in [2.24, 2.45) is 0 Å². The van der Waals surface area contributed by atoms with Crippen LogP contribution < -0.4 is 14.8 Å². The van der Waals surface area contributed by atoms with Crippen molar-refractivity contribution in [3.05, 3.63) is 58.6 Å². The second-order valence-corrected chi connectivity index (χ2v) is 5.00. The van der Waals surface area contributed by atoms with Gasteiger partial charge in [-0.1, -0.05) is 48.9 Å². The van der Waals surface area contributed by atoms with E-state index in [9.17, 15) is 0 Å². The van der Waals surface area contributed by atoms with E-state index in [1.165, 1.54) is 0 Å². The van der Waals surface area contributed by atoms with Gasteiger partial charge in [0.1, 0.15) is 0 Å². The maximum absolute atomic E-state index is 6.36. The lowest BCUT2D eigenvalue weighted by Gasteiger charge is -2.23. The molecule has 0 aliphatic carbocycles. The molecule has 1 atom stereocenters. The van der Waals surface area contributed by atoms with Crippen LogP contribution in [0.1, 0.15) is 24.1 Å². The molecule has 0 radical (unpaired) electrons. The lowest BCUT2D eigenvalue weighted by atomic mass is 9.97. The van der Waals surface area contributed by atoms with E-state index >= 15 is 0 Å². The van der Waals surface area contributed by atoms with E-state index in [2.05, 4.69) is 12.2 Å². The smallest absolute Gasteiger partial charge is 0.165 e. The van der Waals surface area contributed by atoms with Crippen LogP contribution in [0.5, 0.6) is 11.5 Å². The molecule has 0 aromatic heterocycles. The SMILES string of the molecule is CCNC(c1ccccc1Cl)c1cccc(OC)c1OC. The van der Waals surface area contributed by atoms with Crippen molar-refractivity contribution >= 4 is 11.6 Å². The van der Waals surface area contributed by atoms with E-state index in [1.807, 2.05) is 42.5 Å².